The highest BCUT2D eigenvalue weighted by molar-refractivity contribution is 5.96. The summed E-state index contributed by atoms with van der Waals surface area (Å²) >= 11 is 0. The van der Waals surface area contributed by atoms with Crippen molar-refractivity contribution in [2.75, 3.05) is 48.1 Å². The molecule has 10 N–H and O–H groups in total. The van der Waals surface area contributed by atoms with Crippen molar-refractivity contribution in [3.8, 4) is 5.75 Å². The number of aromatic nitrogens is 1. The van der Waals surface area contributed by atoms with Crippen molar-refractivity contribution in [3.63, 3.8) is 0 Å². The van der Waals surface area contributed by atoms with E-state index >= 15 is 0 Å². The van der Waals surface area contributed by atoms with Crippen molar-refractivity contribution < 1.29 is 77.4 Å². The summed E-state index contributed by atoms with van der Waals surface area (Å²) < 4.78 is 19.3. The molecule has 5 rings (SSSR count). The Morgan fingerprint density at radius 3 is 1.29 bits per heavy atom. The molecule has 0 radical (unpaired) electrons. The summed E-state index contributed by atoms with van der Waals surface area (Å²) in [5, 5.41) is 33.3. The van der Waals surface area contributed by atoms with Gasteiger partial charge in [-0.2, -0.15) is 0 Å². The lowest BCUT2D eigenvalue weighted by Crippen LogP contribution is -2.46. The number of aliphatic carboxylic acids is 1. The van der Waals surface area contributed by atoms with Crippen molar-refractivity contribution >= 4 is 76.8 Å². The zero-order chi connectivity index (χ0) is 75.4. The second-order valence-corrected chi connectivity index (χ2v) is 33.2. The fraction of sp³-hybridized carbons (Fsp3) is 0.776. The summed E-state index contributed by atoms with van der Waals surface area (Å²) in [5.41, 5.74) is 13.8. The number of aldehydes is 1. The SMILES string of the molecule is COC(=O)[C@@H](N)C[C@@H]1CCCC1=O.COC(=O)[C@H](C[C@@H]1CCCC1=O)NC[C@@H](C)CC(C)(C)C.COC(=O)[C@H](C[C@@H]1CCCC1=O)NC[C@@H](N)CC(C)(C)C.COc1cccc2[nH]c(C(=O)O)cc12.C[C@@H](CC(C)(C)C)C(=O)O.C[C@H](C=O)CC(C)(C)C.C[C@H](CO)CC(C)(C)C.Cl. The second-order valence-electron chi connectivity index (χ2n) is 33.2. The van der Waals surface area contributed by atoms with Gasteiger partial charge in [0.05, 0.1) is 34.4 Å². The van der Waals surface area contributed by atoms with E-state index in [0.29, 0.717) is 85.9 Å². The van der Waals surface area contributed by atoms with Crippen LogP contribution < -0.4 is 26.8 Å². The lowest BCUT2D eigenvalue weighted by Gasteiger charge is -2.26. The quantitative estimate of drug-likeness (QED) is 0.0260. The highest BCUT2D eigenvalue weighted by Gasteiger charge is 2.34. The number of carboxylic acids is 2. The molecule has 21 nitrogen and oxygen atoms in total. The number of rotatable bonds is 25. The van der Waals surface area contributed by atoms with E-state index in [-0.39, 0.29) is 99.5 Å². The van der Waals surface area contributed by atoms with Crippen molar-refractivity contribution in [3.05, 3.63) is 30.0 Å². The minimum absolute atomic E-state index is 0. The van der Waals surface area contributed by atoms with Gasteiger partial charge >= 0.3 is 29.8 Å². The van der Waals surface area contributed by atoms with Crippen LogP contribution in [0.2, 0.25) is 0 Å². The highest BCUT2D eigenvalue weighted by Crippen LogP contribution is 2.31. The Morgan fingerprint density at radius 2 is 0.980 bits per heavy atom. The van der Waals surface area contributed by atoms with Gasteiger partial charge in [0.15, 0.2) is 0 Å². The van der Waals surface area contributed by atoms with Gasteiger partial charge in [-0.1, -0.05) is 138 Å². The summed E-state index contributed by atoms with van der Waals surface area (Å²) in [7, 11) is 5.65. The number of ketones is 3. The van der Waals surface area contributed by atoms with Gasteiger partial charge in [-0.3, -0.25) is 33.6 Å². The molecule has 0 unspecified atom stereocenters. The number of carboxylic acid groups (broad SMARTS) is 2. The van der Waals surface area contributed by atoms with E-state index in [9.17, 15) is 43.2 Å². The van der Waals surface area contributed by atoms with Gasteiger partial charge in [0.25, 0.3) is 0 Å². The number of halogens is 1. The van der Waals surface area contributed by atoms with Gasteiger partial charge in [0.2, 0.25) is 0 Å². The molecule has 98 heavy (non-hydrogen) atoms. The standard InChI is InChI=1S/C17H31NO3.C16H30N2O3.C10H9NO3.C9H15NO3.C8H16O2.C8H18O.C8H16O.ClH/c1-12(10-17(2,3)4)11-18-14(16(20)21-5)9-13-7-6-8-15(13)19;1-16(2,3)9-12(17)10-18-13(15(20)21-4)8-11-6-5-7-14(11)19;1-14-9-4-2-3-7-6(9)5-8(11-7)10(12)13;1-13-9(12)7(10)5-6-3-2-4-8(6)11;1-6(7(9)10)5-8(2,3)4;2*1-7(6-9)5-8(2,3)4;/h12-14,18H,6-11H2,1-5H3;11-13,18H,5-10,17H2,1-4H3;2-5,11H,1H3,(H,12,13);6-7H,2-5,10H2,1H3;6H,5H2,1-4H3,(H,9,10);7,9H,5-6H2,1-4H3;6-7H,5H2,1-4H3;1H/t12-,13-,14-;11-,12-,13-;;6-,7-;6-;2*7-;/m00.0000./s1. The number of nitrogens with one attached hydrogen (secondary N) is 3. The van der Waals surface area contributed by atoms with Crippen LogP contribution in [0.5, 0.6) is 5.75 Å². The molecule has 568 valence electrons. The number of methoxy groups -OCH3 is 4. The normalized spacial score (nSPS) is 18.6. The van der Waals surface area contributed by atoms with Gasteiger partial charge in [0.1, 0.15) is 53.2 Å². The van der Waals surface area contributed by atoms with E-state index in [2.05, 4.69) is 117 Å². The first-order valence-electron chi connectivity index (χ1n) is 35.0. The Morgan fingerprint density at radius 1 is 0.582 bits per heavy atom. The molecule has 0 aliphatic heterocycles. The monoisotopic (exact) mass is 1410 g/mol. The van der Waals surface area contributed by atoms with E-state index in [1.165, 1.54) is 21.3 Å². The number of nitrogens with two attached hydrogens (primary N) is 2. The predicted octanol–water partition coefficient (Wildman–Crippen LogP) is 13.6. The molecule has 0 spiro atoms. The molecule has 0 amide bonds. The number of hydrogen-bond donors (Lipinski definition) is 8. The number of aromatic amines is 1. The van der Waals surface area contributed by atoms with Crippen molar-refractivity contribution in [2.45, 2.75) is 265 Å². The number of ether oxygens (including phenoxy) is 4. The number of benzene rings is 1. The van der Waals surface area contributed by atoms with Gasteiger partial charge in [0, 0.05) is 73.0 Å². The lowest BCUT2D eigenvalue weighted by molar-refractivity contribution is -0.144. The summed E-state index contributed by atoms with van der Waals surface area (Å²) in [6, 6.07) is 5.53. The molecule has 0 saturated heterocycles. The molecule has 1 heterocycles. The number of fused-ring (bicyclic) bond motifs is 1. The maximum absolute atomic E-state index is 11.9. The zero-order valence-corrected chi connectivity index (χ0v) is 65.4. The lowest BCUT2D eigenvalue weighted by atomic mass is 9.85. The minimum atomic E-state index is -0.969. The van der Waals surface area contributed by atoms with E-state index in [4.69, 9.17) is 41.0 Å². The maximum Gasteiger partial charge on any atom is 0.352 e. The van der Waals surface area contributed by atoms with Crippen LogP contribution >= 0.6 is 12.4 Å². The minimum Gasteiger partial charge on any atom is -0.496 e. The number of aliphatic hydroxyl groups excluding tert-OH is 1. The first-order chi connectivity index (χ1) is 44.6. The van der Waals surface area contributed by atoms with Crippen LogP contribution in [0.15, 0.2) is 24.3 Å². The van der Waals surface area contributed by atoms with Gasteiger partial charge in [-0.05, 0) is 154 Å². The van der Waals surface area contributed by atoms with Gasteiger partial charge in [-0.15, -0.1) is 12.4 Å². The zero-order valence-electron chi connectivity index (χ0n) is 64.6. The number of H-pyrrole nitrogens is 1. The van der Waals surface area contributed by atoms with Gasteiger partial charge < -0.3 is 66.1 Å². The van der Waals surface area contributed by atoms with Crippen LogP contribution in [0.1, 0.15) is 251 Å². The summed E-state index contributed by atoms with van der Waals surface area (Å²) in [6.45, 7) is 41.9. The molecule has 3 aliphatic rings. The van der Waals surface area contributed by atoms with Crippen LogP contribution in [-0.2, 0) is 52.6 Å². The molecular weight excluding hydrogens is 1270 g/mol. The van der Waals surface area contributed by atoms with Crippen molar-refractivity contribution in [1.82, 2.24) is 15.6 Å². The highest BCUT2D eigenvalue weighted by atomic mass is 35.5. The Labute approximate surface area is 595 Å². The van der Waals surface area contributed by atoms with Crippen LogP contribution in [0.3, 0.4) is 0 Å². The van der Waals surface area contributed by atoms with E-state index in [1.807, 2.05) is 39.8 Å². The first kappa shape index (κ1) is 96.9. The summed E-state index contributed by atoms with van der Waals surface area (Å²) in [6.07, 6.45) is 14.8. The number of carbonyl (C=O) groups excluding carboxylic acids is 7. The molecule has 3 aliphatic carbocycles. The molecule has 11 atom stereocenters. The average molecular weight is 1410 g/mol. The maximum atomic E-state index is 11.9. The van der Waals surface area contributed by atoms with Crippen LogP contribution in [-0.4, -0.2) is 146 Å². The Bertz CT molecular complexity index is 2590. The van der Waals surface area contributed by atoms with Gasteiger partial charge in [-0.25, -0.2) is 4.79 Å². The molecule has 0 bridgehead atoms. The fourth-order valence-electron chi connectivity index (χ4n) is 12.5. The summed E-state index contributed by atoms with van der Waals surface area (Å²) in [4.78, 5) is 103. The largest absolute Gasteiger partial charge is 0.496 e. The molecule has 1 aromatic heterocycles. The first-order valence-corrected chi connectivity index (χ1v) is 35.0. The molecule has 2 aromatic rings. The Balaban J connectivity index is -0.00000110. The molecule has 3 saturated carbocycles. The van der Waals surface area contributed by atoms with E-state index in [1.54, 1.807) is 26.2 Å². The number of aliphatic hydroxyl groups is 1. The summed E-state index contributed by atoms with van der Waals surface area (Å²) in [5.74, 6) is -0.266. The van der Waals surface area contributed by atoms with Crippen molar-refractivity contribution in [2.24, 2.45) is 80.0 Å². The molecular formula is C76H136ClN5O16. The number of aromatic carboxylic acids is 1. The average Bonchev–Trinajstić information content (AvgIpc) is 1.61. The Kier molecular flexibility index (Phi) is 47.2. The third kappa shape index (κ3) is 46.2. The van der Waals surface area contributed by atoms with Crippen LogP contribution in [0.4, 0.5) is 0 Å². The third-order valence-corrected chi connectivity index (χ3v) is 16.4. The number of hydrogen-bond acceptors (Lipinski definition) is 18. The molecule has 1 aromatic carbocycles. The van der Waals surface area contributed by atoms with E-state index in [0.717, 1.165) is 94.4 Å². The Hall–Kier alpha value is -5.32. The molecule has 22 heteroatoms. The number of Topliss-reactive ketones (excluding diaryl/α,β-unsaturated/α-hetero) is 3. The smallest absolute Gasteiger partial charge is 0.352 e. The van der Waals surface area contributed by atoms with E-state index < -0.39 is 30.0 Å². The topological polar surface area (TPSA) is 343 Å². The number of esters is 3. The van der Waals surface area contributed by atoms with Crippen LogP contribution in [0.25, 0.3) is 10.9 Å². The second kappa shape index (κ2) is 47.7. The molecule has 3 fully saturated rings. The third-order valence-electron chi connectivity index (χ3n) is 16.4. The predicted molar refractivity (Wildman–Crippen MR) is 393 cm³/mol. The number of carbonyl (C=O) groups is 9. The van der Waals surface area contributed by atoms with Crippen molar-refractivity contribution in [1.29, 1.82) is 0 Å². The van der Waals surface area contributed by atoms with Crippen LogP contribution in [0, 0.1) is 68.5 Å². The fourth-order valence-corrected chi connectivity index (χ4v) is 12.5.